The highest BCUT2D eigenvalue weighted by atomic mass is 15.6. The van der Waals surface area contributed by atoms with E-state index >= 15 is 0 Å². The molecular weight excluding hydrogens is 254 g/mol. The first-order valence-corrected chi connectivity index (χ1v) is 6.29. The first kappa shape index (κ1) is 12.3. The number of aryl methyl sites for hydroxylation is 1. The number of aromatic amines is 1. The van der Waals surface area contributed by atoms with Crippen molar-refractivity contribution in [1.29, 1.82) is 0 Å². The third-order valence-electron chi connectivity index (χ3n) is 3.14. The number of aromatic nitrogens is 6. The number of para-hydroxylation sites is 1. The SMILES string of the molecule is Cc1[nH]ncc1CN(C)c1nnnn1-c1ccccc1. The molecule has 0 fully saturated rings. The van der Waals surface area contributed by atoms with E-state index in [1.165, 1.54) is 0 Å². The fourth-order valence-electron chi connectivity index (χ4n) is 2.02. The molecule has 3 rings (SSSR count). The Labute approximate surface area is 116 Å². The zero-order valence-electron chi connectivity index (χ0n) is 11.4. The Morgan fingerprint density at radius 1 is 1.25 bits per heavy atom. The Morgan fingerprint density at radius 3 is 2.75 bits per heavy atom. The summed E-state index contributed by atoms with van der Waals surface area (Å²) in [4.78, 5) is 1.99. The summed E-state index contributed by atoms with van der Waals surface area (Å²) in [5.74, 6) is 0.691. The van der Waals surface area contributed by atoms with Crippen LogP contribution in [0, 0.1) is 6.92 Å². The molecule has 0 radical (unpaired) electrons. The molecule has 1 N–H and O–H groups in total. The Morgan fingerprint density at radius 2 is 2.05 bits per heavy atom. The van der Waals surface area contributed by atoms with Crippen molar-refractivity contribution in [2.24, 2.45) is 0 Å². The van der Waals surface area contributed by atoms with E-state index < -0.39 is 0 Å². The van der Waals surface area contributed by atoms with E-state index in [0.717, 1.165) is 16.9 Å². The summed E-state index contributed by atoms with van der Waals surface area (Å²) < 4.78 is 1.72. The third-order valence-corrected chi connectivity index (χ3v) is 3.14. The topological polar surface area (TPSA) is 75.5 Å². The number of rotatable bonds is 4. The number of nitrogens with zero attached hydrogens (tertiary/aromatic N) is 6. The van der Waals surface area contributed by atoms with E-state index in [9.17, 15) is 0 Å². The number of nitrogens with one attached hydrogen (secondary N) is 1. The maximum atomic E-state index is 4.10. The molecule has 0 bridgehead atoms. The van der Waals surface area contributed by atoms with Gasteiger partial charge in [-0.25, -0.2) is 0 Å². The van der Waals surface area contributed by atoms with Gasteiger partial charge < -0.3 is 4.90 Å². The largest absolute Gasteiger partial charge is 0.338 e. The number of tetrazole rings is 1. The molecule has 0 aliphatic heterocycles. The zero-order chi connectivity index (χ0) is 13.9. The lowest BCUT2D eigenvalue weighted by Crippen LogP contribution is -2.21. The maximum absolute atomic E-state index is 4.10. The van der Waals surface area contributed by atoms with Gasteiger partial charge in [0.25, 0.3) is 0 Å². The van der Waals surface area contributed by atoms with Gasteiger partial charge in [0.05, 0.1) is 11.9 Å². The molecule has 3 aromatic rings. The summed E-state index contributed by atoms with van der Waals surface area (Å²) >= 11 is 0. The Balaban J connectivity index is 1.88. The van der Waals surface area contributed by atoms with Gasteiger partial charge in [0, 0.05) is 24.8 Å². The Bertz CT molecular complexity index is 686. The third kappa shape index (κ3) is 2.25. The first-order valence-electron chi connectivity index (χ1n) is 6.29. The van der Waals surface area contributed by atoms with Crippen LogP contribution in [0.1, 0.15) is 11.3 Å². The van der Waals surface area contributed by atoms with Crippen LogP contribution < -0.4 is 4.90 Å². The van der Waals surface area contributed by atoms with E-state index in [2.05, 4.69) is 25.7 Å². The van der Waals surface area contributed by atoms with E-state index in [-0.39, 0.29) is 0 Å². The lowest BCUT2D eigenvalue weighted by Gasteiger charge is -2.17. The van der Waals surface area contributed by atoms with Crippen LogP contribution >= 0.6 is 0 Å². The molecule has 0 spiro atoms. The molecule has 0 aliphatic carbocycles. The smallest absolute Gasteiger partial charge is 0.250 e. The van der Waals surface area contributed by atoms with Crippen LogP contribution in [-0.2, 0) is 6.54 Å². The summed E-state index contributed by atoms with van der Waals surface area (Å²) in [6.45, 7) is 2.69. The predicted octanol–water partition coefficient (Wildman–Crippen LogP) is 1.33. The quantitative estimate of drug-likeness (QED) is 0.773. The van der Waals surface area contributed by atoms with Crippen molar-refractivity contribution in [2.45, 2.75) is 13.5 Å². The molecule has 0 unspecified atom stereocenters. The highest BCUT2D eigenvalue weighted by Crippen LogP contribution is 2.16. The van der Waals surface area contributed by atoms with Crippen LogP contribution in [0.3, 0.4) is 0 Å². The second-order valence-electron chi connectivity index (χ2n) is 4.60. The van der Waals surface area contributed by atoms with Crippen LogP contribution in [0.2, 0.25) is 0 Å². The second-order valence-corrected chi connectivity index (χ2v) is 4.60. The van der Waals surface area contributed by atoms with E-state index in [4.69, 9.17) is 0 Å². The van der Waals surface area contributed by atoms with Gasteiger partial charge in [0.1, 0.15) is 0 Å². The van der Waals surface area contributed by atoms with Gasteiger partial charge in [-0.1, -0.05) is 23.3 Å². The number of hydrogen-bond donors (Lipinski definition) is 1. The minimum Gasteiger partial charge on any atom is -0.338 e. The normalized spacial score (nSPS) is 10.7. The standard InChI is InChI=1S/C13H15N7/c1-10-11(8-14-15-10)9-19(2)13-16-17-18-20(13)12-6-4-3-5-7-12/h3-8H,9H2,1-2H3,(H,14,15). The van der Waals surface area contributed by atoms with Gasteiger partial charge in [-0.3, -0.25) is 5.10 Å². The van der Waals surface area contributed by atoms with Crippen molar-refractivity contribution < 1.29 is 0 Å². The fraction of sp³-hybridized carbons (Fsp3) is 0.231. The highest BCUT2D eigenvalue weighted by Gasteiger charge is 2.14. The van der Waals surface area contributed by atoms with E-state index in [1.54, 1.807) is 4.68 Å². The van der Waals surface area contributed by atoms with Crippen molar-refractivity contribution in [3.05, 3.63) is 47.8 Å². The summed E-state index contributed by atoms with van der Waals surface area (Å²) in [6.07, 6.45) is 1.82. The monoisotopic (exact) mass is 269 g/mol. The van der Waals surface area contributed by atoms with Crippen LogP contribution in [0.5, 0.6) is 0 Å². The van der Waals surface area contributed by atoms with Crippen LogP contribution in [0.15, 0.2) is 36.5 Å². The fourth-order valence-corrected chi connectivity index (χ4v) is 2.02. The lowest BCUT2D eigenvalue weighted by molar-refractivity contribution is 0.771. The average molecular weight is 269 g/mol. The van der Waals surface area contributed by atoms with Crippen LogP contribution in [0.4, 0.5) is 5.95 Å². The Hall–Kier alpha value is -2.70. The molecule has 0 amide bonds. The minimum atomic E-state index is 0.690. The molecule has 0 atom stereocenters. The molecule has 0 aliphatic rings. The number of anilines is 1. The van der Waals surface area contributed by atoms with Crippen molar-refractivity contribution in [3.8, 4) is 5.69 Å². The zero-order valence-corrected chi connectivity index (χ0v) is 11.4. The number of benzene rings is 1. The van der Waals surface area contributed by atoms with E-state index in [1.807, 2.05) is 55.4 Å². The molecule has 0 saturated heterocycles. The number of hydrogen-bond acceptors (Lipinski definition) is 5. The predicted molar refractivity (Wildman–Crippen MR) is 74.6 cm³/mol. The van der Waals surface area contributed by atoms with E-state index in [0.29, 0.717) is 12.5 Å². The molecule has 1 aromatic carbocycles. The van der Waals surface area contributed by atoms with Gasteiger partial charge in [0.15, 0.2) is 0 Å². The molecule has 102 valence electrons. The minimum absolute atomic E-state index is 0.690. The summed E-state index contributed by atoms with van der Waals surface area (Å²) in [7, 11) is 1.96. The molecule has 2 aromatic heterocycles. The van der Waals surface area contributed by atoms with Crippen molar-refractivity contribution >= 4 is 5.95 Å². The molecular formula is C13H15N7. The average Bonchev–Trinajstić information content (AvgIpc) is 3.09. The van der Waals surface area contributed by atoms with Gasteiger partial charge in [-0.05, 0) is 29.5 Å². The van der Waals surface area contributed by atoms with Crippen LogP contribution in [-0.4, -0.2) is 37.5 Å². The maximum Gasteiger partial charge on any atom is 0.250 e. The summed E-state index contributed by atoms with van der Waals surface area (Å²) in [5.41, 5.74) is 3.11. The van der Waals surface area contributed by atoms with Crippen LogP contribution in [0.25, 0.3) is 5.69 Å². The van der Waals surface area contributed by atoms with Crippen molar-refractivity contribution in [1.82, 2.24) is 30.4 Å². The molecule has 7 heteroatoms. The first-order chi connectivity index (χ1) is 9.75. The van der Waals surface area contributed by atoms with Gasteiger partial charge in [-0.15, -0.1) is 0 Å². The summed E-state index contributed by atoms with van der Waals surface area (Å²) in [5, 5.41) is 18.9. The molecule has 2 heterocycles. The molecule has 20 heavy (non-hydrogen) atoms. The van der Waals surface area contributed by atoms with Gasteiger partial charge >= 0.3 is 0 Å². The molecule has 0 saturated carbocycles. The van der Waals surface area contributed by atoms with Crippen molar-refractivity contribution in [2.75, 3.05) is 11.9 Å². The Kier molecular flexibility index (Phi) is 3.16. The van der Waals surface area contributed by atoms with Gasteiger partial charge in [0.2, 0.25) is 5.95 Å². The highest BCUT2D eigenvalue weighted by molar-refractivity contribution is 5.40. The second kappa shape index (κ2) is 5.12. The number of H-pyrrole nitrogens is 1. The molecule has 7 nitrogen and oxygen atoms in total. The van der Waals surface area contributed by atoms with Gasteiger partial charge in [-0.2, -0.15) is 9.78 Å². The lowest BCUT2D eigenvalue weighted by atomic mass is 10.2. The summed E-state index contributed by atoms with van der Waals surface area (Å²) in [6, 6.07) is 9.82. The van der Waals surface area contributed by atoms with Crippen molar-refractivity contribution in [3.63, 3.8) is 0 Å².